The predicted molar refractivity (Wildman–Crippen MR) is 68.5 cm³/mol. The summed E-state index contributed by atoms with van der Waals surface area (Å²) in [7, 11) is 0. The fourth-order valence-corrected chi connectivity index (χ4v) is 1.85. The summed E-state index contributed by atoms with van der Waals surface area (Å²) in [6, 6.07) is 17.8. The van der Waals surface area contributed by atoms with Gasteiger partial charge in [0.2, 0.25) is 0 Å². The summed E-state index contributed by atoms with van der Waals surface area (Å²) < 4.78 is 0. The summed E-state index contributed by atoms with van der Waals surface area (Å²) in [6.07, 6.45) is -0.221. The molecule has 0 amide bonds. The van der Waals surface area contributed by atoms with Crippen LogP contribution in [0.4, 0.5) is 0 Å². The molecular formula is C15H16O2. The van der Waals surface area contributed by atoms with E-state index in [1.54, 1.807) is 0 Å². The lowest BCUT2D eigenvalue weighted by Crippen LogP contribution is -2.00. The lowest BCUT2D eigenvalue weighted by molar-refractivity contribution is 0.134. The Hall–Kier alpha value is -1.64. The van der Waals surface area contributed by atoms with Gasteiger partial charge < -0.3 is 10.2 Å². The zero-order valence-electron chi connectivity index (χ0n) is 9.58. The molecular weight excluding hydrogens is 212 g/mol. The van der Waals surface area contributed by atoms with Gasteiger partial charge in [-0.3, -0.25) is 0 Å². The molecule has 0 saturated heterocycles. The zero-order valence-corrected chi connectivity index (χ0v) is 9.58. The van der Waals surface area contributed by atoms with Crippen molar-refractivity contribution in [2.24, 2.45) is 0 Å². The van der Waals surface area contributed by atoms with Crippen molar-refractivity contribution in [2.45, 2.75) is 12.5 Å². The molecule has 17 heavy (non-hydrogen) atoms. The maximum atomic E-state index is 9.83. The molecule has 0 heterocycles. The smallest absolute Gasteiger partial charge is 0.0812 e. The Bertz CT molecular complexity index is 465. The minimum absolute atomic E-state index is 0.00324. The van der Waals surface area contributed by atoms with Crippen molar-refractivity contribution in [3.05, 3.63) is 60.2 Å². The molecule has 2 nitrogen and oxygen atoms in total. The Labute approximate surface area is 101 Å². The van der Waals surface area contributed by atoms with Crippen molar-refractivity contribution in [1.29, 1.82) is 0 Å². The third-order valence-corrected chi connectivity index (χ3v) is 2.78. The van der Waals surface area contributed by atoms with Gasteiger partial charge in [-0.1, -0.05) is 48.5 Å². The van der Waals surface area contributed by atoms with Gasteiger partial charge >= 0.3 is 0 Å². The lowest BCUT2D eigenvalue weighted by Gasteiger charge is -2.11. The van der Waals surface area contributed by atoms with Crippen molar-refractivity contribution in [2.75, 3.05) is 6.61 Å². The summed E-state index contributed by atoms with van der Waals surface area (Å²) >= 11 is 0. The molecule has 0 spiro atoms. The minimum atomic E-state index is -0.594. The largest absolute Gasteiger partial charge is 0.396 e. The van der Waals surface area contributed by atoms with Gasteiger partial charge in [-0.2, -0.15) is 0 Å². The lowest BCUT2D eigenvalue weighted by atomic mass is 10.00. The van der Waals surface area contributed by atoms with E-state index in [1.807, 2.05) is 54.6 Å². The molecule has 2 N–H and O–H groups in total. The summed E-state index contributed by atoms with van der Waals surface area (Å²) in [5.41, 5.74) is 3.06. The van der Waals surface area contributed by atoms with Crippen molar-refractivity contribution in [3.8, 4) is 11.1 Å². The van der Waals surface area contributed by atoms with Crippen LogP contribution in [0.3, 0.4) is 0 Å². The first-order chi connectivity index (χ1) is 8.31. The van der Waals surface area contributed by atoms with Gasteiger partial charge in [-0.05, 0) is 22.8 Å². The van der Waals surface area contributed by atoms with E-state index in [9.17, 15) is 5.11 Å². The maximum absolute atomic E-state index is 9.83. The molecule has 2 aromatic rings. The van der Waals surface area contributed by atoms with Gasteiger partial charge in [0.15, 0.2) is 0 Å². The average molecular weight is 228 g/mol. The Kier molecular flexibility index (Phi) is 3.91. The molecule has 1 atom stereocenters. The van der Waals surface area contributed by atoms with E-state index in [2.05, 4.69) is 0 Å². The molecule has 0 aromatic heterocycles. The number of aliphatic hydroxyl groups excluding tert-OH is 2. The standard InChI is InChI=1S/C15H16O2/c16-10-9-15(17)14-8-4-7-13(11-14)12-5-2-1-3-6-12/h1-8,11,15-17H,9-10H2. The number of hydrogen-bond donors (Lipinski definition) is 2. The second kappa shape index (κ2) is 5.62. The van der Waals surface area contributed by atoms with E-state index < -0.39 is 6.10 Å². The monoisotopic (exact) mass is 228 g/mol. The fraction of sp³-hybridized carbons (Fsp3) is 0.200. The highest BCUT2D eigenvalue weighted by Gasteiger charge is 2.07. The second-order valence-electron chi connectivity index (χ2n) is 4.02. The van der Waals surface area contributed by atoms with Crippen molar-refractivity contribution in [3.63, 3.8) is 0 Å². The molecule has 0 bridgehead atoms. The van der Waals surface area contributed by atoms with Gasteiger partial charge in [0.05, 0.1) is 6.10 Å². The van der Waals surface area contributed by atoms with Crippen LogP contribution in [0.15, 0.2) is 54.6 Å². The van der Waals surface area contributed by atoms with Gasteiger partial charge in [0.1, 0.15) is 0 Å². The highest BCUT2D eigenvalue weighted by molar-refractivity contribution is 5.64. The highest BCUT2D eigenvalue weighted by Crippen LogP contribution is 2.24. The van der Waals surface area contributed by atoms with Crippen LogP contribution in [0.1, 0.15) is 18.1 Å². The van der Waals surface area contributed by atoms with Crippen LogP contribution in [0.25, 0.3) is 11.1 Å². The van der Waals surface area contributed by atoms with Crippen LogP contribution < -0.4 is 0 Å². The van der Waals surface area contributed by atoms with Gasteiger partial charge in [0, 0.05) is 13.0 Å². The second-order valence-corrected chi connectivity index (χ2v) is 4.02. The fourth-order valence-electron chi connectivity index (χ4n) is 1.85. The van der Waals surface area contributed by atoms with Crippen LogP contribution in [-0.2, 0) is 0 Å². The third-order valence-electron chi connectivity index (χ3n) is 2.78. The number of hydrogen-bond acceptors (Lipinski definition) is 2. The van der Waals surface area contributed by atoms with Gasteiger partial charge in [-0.25, -0.2) is 0 Å². The molecule has 0 fully saturated rings. The van der Waals surface area contributed by atoms with Crippen LogP contribution in [0.2, 0.25) is 0 Å². The Morgan fingerprint density at radius 3 is 2.29 bits per heavy atom. The SMILES string of the molecule is OCCC(O)c1cccc(-c2ccccc2)c1. The number of aliphatic hydroxyl groups is 2. The van der Waals surface area contributed by atoms with Crippen molar-refractivity contribution >= 4 is 0 Å². The molecule has 0 aliphatic heterocycles. The minimum Gasteiger partial charge on any atom is -0.396 e. The Morgan fingerprint density at radius 2 is 1.59 bits per heavy atom. The summed E-state index contributed by atoms with van der Waals surface area (Å²) in [4.78, 5) is 0. The van der Waals surface area contributed by atoms with E-state index in [0.717, 1.165) is 16.7 Å². The molecule has 0 saturated carbocycles. The van der Waals surface area contributed by atoms with Gasteiger partial charge in [-0.15, -0.1) is 0 Å². The Balaban J connectivity index is 2.29. The van der Waals surface area contributed by atoms with Gasteiger partial charge in [0.25, 0.3) is 0 Å². The topological polar surface area (TPSA) is 40.5 Å². The molecule has 0 radical (unpaired) electrons. The first kappa shape index (κ1) is 11.8. The summed E-state index contributed by atoms with van der Waals surface area (Å²) in [5.74, 6) is 0. The quantitative estimate of drug-likeness (QED) is 0.844. The first-order valence-electron chi connectivity index (χ1n) is 5.75. The zero-order chi connectivity index (χ0) is 12.1. The molecule has 0 aliphatic rings. The molecule has 2 rings (SSSR count). The average Bonchev–Trinajstić information content (AvgIpc) is 2.40. The van der Waals surface area contributed by atoms with E-state index in [1.165, 1.54) is 0 Å². The molecule has 88 valence electrons. The van der Waals surface area contributed by atoms with E-state index in [4.69, 9.17) is 5.11 Å². The number of rotatable bonds is 4. The number of benzene rings is 2. The van der Waals surface area contributed by atoms with E-state index >= 15 is 0 Å². The summed E-state index contributed by atoms with van der Waals surface area (Å²) in [6.45, 7) is -0.00324. The first-order valence-corrected chi connectivity index (χ1v) is 5.75. The Morgan fingerprint density at radius 1 is 0.882 bits per heavy atom. The molecule has 1 unspecified atom stereocenters. The normalized spacial score (nSPS) is 12.4. The third kappa shape index (κ3) is 2.93. The van der Waals surface area contributed by atoms with Crippen LogP contribution in [-0.4, -0.2) is 16.8 Å². The van der Waals surface area contributed by atoms with Crippen LogP contribution in [0, 0.1) is 0 Å². The van der Waals surface area contributed by atoms with Crippen molar-refractivity contribution < 1.29 is 10.2 Å². The maximum Gasteiger partial charge on any atom is 0.0812 e. The molecule has 2 aromatic carbocycles. The van der Waals surface area contributed by atoms with Crippen LogP contribution in [0.5, 0.6) is 0 Å². The van der Waals surface area contributed by atoms with E-state index in [-0.39, 0.29) is 6.61 Å². The van der Waals surface area contributed by atoms with Crippen molar-refractivity contribution in [1.82, 2.24) is 0 Å². The molecule has 2 heteroatoms. The highest BCUT2D eigenvalue weighted by atomic mass is 16.3. The van der Waals surface area contributed by atoms with E-state index in [0.29, 0.717) is 6.42 Å². The predicted octanol–water partition coefficient (Wildman–Crippen LogP) is 2.77. The summed E-state index contributed by atoms with van der Waals surface area (Å²) in [5, 5.41) is 18.7. The van der Waals surface area contributed by atoms with Crippen LogP contribution >= 0.6 is 0 Å². The molecule has 0 aliphatic carbocycles.